The van der Waals surface area contributed by atoms with E-state index < -0.39 is 34.5 Å². The Hall–Kier alpha value is -4.34. The quantitative estimate of drug-likeness (QED) is 0.479. The minimum Gasteiger partial charge on any atom is -0.493 e. The van der Waals surface area contributed by atoms with E-state index in [0.717, 1.165) is 12.1 Å². The van der Waals surface area contributed by atoms with Crippen molar-refractivity contribution in [2.24, 2.45) is 0 Å². The predicted octanol–water partition coefficient (Wildman–Crippen LogP) is 4.76. The molecule has 0 aromatic heterocycles. The van der Waals surface area contributed by atoms with E-state index in [9.17, 15) is 18.4 Å². The molecule has 3 aliphatic rings. The predicted molar refractivity (Wildman–Crippen MR) is 136 cm³/mol. The zero-order valence-corrected chi connectivity index (χ0v) is 22.1. The van der Waals surface area contributed by atoms with Gasteiger partial charge in [0, 0.05) is 34.8 Å². The topological polar surface area (TPSA) is 77.5 Å². The highest BCUT2D eigenvalue weighted by Gasteiger charge is 2.64. The Morgan fingerprint density at radius 1 is 0.897 bits per heavy atom. The second-order valence-corrected chi connectivity index (χ2v) is 10.6. The molecule has 0 fully saturated rings. The van der Waals surface area contributed by atoms with Gasteiger partial charge in [-0.1, -0.05) is 6.07 Å². The number of rotatable bonds is 4. The monoisotopic (exact) mass is 536 g/mol. The fourth-order valence-electron chi connectivity index (χ4n) is 5.80. The summed E-state index contributed by atoms with van der Waals surface area (Å²) in [6, 6.07) is 10.3. The number of ether oxygens (including phenoxy) is 4. The number of amides is 2. The number of halogens is 2. The van der Waals surface area contributed by atoms with Crippen LogP contribution < -0.4 is 23.8 Å². The number of fused-ring (bicyclic) bond motifs is 5. The van der Waals surface area contributed by atoms with Crippen LogP contribution in [0.5, 0.6) is 23.0 Å². The van der Waals surface area contributed by atoms with Gasteiger partial charge in [0.25, 0.3) is 11.8 Å². The first-order chi connectivity index (χ1) is 18.5. The highest BCUT2D eigenvalue weighted by Crippen LogP contribution is 2.58. The number of methoxy groups -OCH3 is 2. The maximum absolute atomic E-state index is 14.8. The molecule has 3 heterocycles. The van der Waals surface area contributed by atoms with Crippen molar-refractivity contribution in [2.45, 2.75) is 38.4 Å². The van der Waals surface area contributed by atoms with Gasteiger partial charge >= 0.3 is 0 Å². The van der Waals surface area contributed by atoms with E-state index in [2.05, 4.69) is 0 Å². The second kappa shape index (κ2) is 8.33. The first-order valence-corrected chi connectivity index (χ1v) is 12.3. The Morgan fingerprint density at radius 2 is 1.56 bits per heavy atom. The van der Waals surface area contributed by atoms with Gasteiger partial charge in [-0.15, -0.1) is 0 Å². The molecule has 6 rings (SSSR count). The molecule has 3 aromatic carbocycles. The van der Waals surface area contributed by atoms with E-state index in [0.29, 0.717) is 39.8 Å². The van der Waals surface area contributed by atoms with Crippen LogP contribution in [-0.4, -0.2) is 43.3 Å². The molecule has 10 heteroatoms. The molecule has 0 saturated carbocycles. The number of hydrogen-bond acceptors (Lipinski definition) is 6. The molecule has 39 heavy (non-hydrogen) atoms. The molecular weight excluding hydrogens is 510 g/mol. The first-order valence-electron chi connectivity index (χ1n) is 12.3. The lowest BCUT2D eigenvalue weighted by Crippen LogP contribution is -2.55. The molecule has 0 radical (unpaired) electrons. The van der Waals surface area contributed by atoms with Gasteiger partial charge in [0.1, 0.15) is 0 Å². The average Bonchev–Trinajstić information content (AvgIpc) is 3.52. The molecule has 8 nitrogen and oxygen atoms in total. The van der Waals surface area contributed by atoms with Crippen molar-refractivity contribution in [1.82, 2.24) is 4.90 Å². The van der Waals surface area contributed by atoms with Crippen molar-refractivity contribution < 1.29 is 37.3 Å². The summed E-state index contributed by atoms with van der Waals surface area (Å²) in [5, 5.41) is 0. The summed E-state index contributed by atoms with van der Waals surface area (Å²) in [6.45, 7) is 5.52. The van der Waals surface area contributed by atoms with Crippen molar-refractivity contribution in [2.75, 3.05) is 25.9 Å². The molecule has 0 N–H and O–H groups in total. The van der Waals surface area contributed by atoms with E-state index in [-0.39, 0.29) is 24.5 Å². The molecule has 202 valence electrons. The molecule has 1 unspecified atom stereocenters. The van der Waals surface area contributed by atoms with Crippen LogP contribution >= 0.6 is 0 Å². The second-order valence-electron chi connectivity index (χ2n) is 10.6. The van der Waals surface area contributed by atoms with Crippen LogP contribution in [0.1, 0.15) is 47.8 Å². The summed E-state index contributed by atoms with van der Waals surface area (Å²) in [6.07, 6.45) is 0. The van der Waals surface area contributed by atoms with Crippen molar-refractivity contribution >= 4 is 17.5 Å². The highest BCUT2D eigenvalue weighted by atomic mass is 19.2. The molecule has 2 amide bonds. The van der Waals surface area contributed by atoms with E-state index in [1.165, 1.54) is 19.1 Å². The van der Waals surface area contributed by atoms with E-state index >= 15 is 0 Å². The van der Waals surface area contributed by atoms with Crippen molar-refractivity contribution in [3.05, 3.63) is 76.4 Å². The largest absolute Gasteiger partial charge is 0.493 e. The SMILES string of the molecule is COc1ccc(CN2C(=O)c3cc(F)c(F)cc3C23C(=O)N(C(C)(C)C)c2cc4c(cc23)OCO4)cc1OC. The molecule has 1 atom stereocenters. The van der Waals surface area contributed by atoms with Crippen LogP contribution in [0.4, 0.5) is 14.5 Å². The molecule has 1 spiro atoms. The summed E-state index contributed by atoms with van der Waals surface area (Å²) in [5.41, 5.74) is -0.978. The van der Waals surface area contributed by atoms with E-state index in [1.54, 1.807) is 35.2 Å². The third kappa shape index (κ3) is 3.33. The number of anilines is 1. The van der Waals surface area contributed by atoms with Gasteiger partial charge in [-0.25, -0.2) is 8.78 Å². The van der Waals surface area contributed by atoms with Crippen LogP contribution in [0.2, 0.25) is 0 Å². The Labute approximate surface area is 223 Å². The molecule has 3 aromatic rings. The highest BCUT2D eigenvalue weighted by molar-refractivity contribution is 6.18. The maximum Gasteiger partial charge on any atom is 0.262 e. The van der Waals surface area contributed by atoms with E-state index in [4.69, 9.17) is 18.9 Å². The summed E-state index contributed by atoms with van der Waals surface area (Å²) in [5.74, 6) is -1.63. The Kier molecular flexibility index (Phi) is 5.33. The lowest BCUT2D eigenvalue weighted by molar-refractivity contribution is -0.127. The number of hydrogen-bond donors (Lipinski definition) is 0. The van der Waals surface area contributed by atoms with Gasteiger partial charge in [0.05, 0.1) is 19.9 Å². The van der Waals surface area contributed by atoms with Gasteiger partial charge in [-0.2, -0.15) is 0 Å². The molecule has 0 saturated heterocycles. The first kappa shape index (κ1) is 25.0. The maximum atomic E-state index is 14.8. The fourth-order valence-corrected chi connectivity index (χ4v) is 5.80. The lowest BCUT2D eigenvalue weighted by atomic mass is 9.83. The van der Waals surface area contributed by atoms with Crippen LogP contribution in [-0.2, 0) is 16.9 Å². The lowest BCUT2D eigenvalue weighted by Gasteiger charge is -2.38. The number of nitrogens with zero attached hydrogens (tertiary/aromatic N) is 2. The fraction of sp³-hybridized carbons (Fsp3) is 0.310. The normalized spacial score (nSPS) is 19.2. The summed E-state index contributed by atoms with van der Waals surface area (Å²) in [4.78, 5) is 31.6. The average molecular weight is 537 g/mol. The molecular formula is C29H26F2N2O6. The minimum atomic E-state index is -1.78. The third-order valence-corrected chi connectivity index (χ3v) is 7.42. The smallest absolute Gasteiger partial charge is 0.262 e. The number of carbonyl (C=O) groups excluding carboxylic acids is 2. The van der Waals surface area contributed by atoms with Crippen LogP contribution in [0.15, 0.2) is 42.5 Å². The standard InChI is InChI=1S/C29H26F2N2O6/c1-28(2,3)33-21-12-25-24(38-14-39-25)11-18(21)29(27(33)35)17-10-20(31)19(30)9-16(17)26(34)32(29)13-15-6-7-22(36-4)23(8-15)37-5/h6-12H,13-14H2,1-5H3. The van der Waals surface area contributed by atoms with Gasteiger partial charge < -0.3 is 28.7 Å². The Balaban J connectivity index is 1.64. The van der Waals surface area contributed by atoms with Crippen molar-refractivity contribution in [3.63, 3.8) is 0 Å². The molecule has 0 bridgehead atoms. The number of benzene rings is 3. The van der Waals surface area contributed by atoms with Gasteiger partial charge in [-0.3, -0.25) is 9.59 Å². The molecule has 3 aliphatic heterocycles. The van der Waals surface area contributed by atoms with Crippen molar-refractivity contribution in [3.8, 4) is 23.0 Å². The summed E-state index contributed by atoms with van der Waals surface area (Å²) in [7, 11) is 3.00. The van der Waals surface area contributed by atoms with E-state index in [1.807, 2.05) is 20.8 Å². The van der Waals surface area contributed by atoms with Gasteiger partial charge in [0.15, 0.2) is 40.2 Å². The van der Waals surface area contributed by atoms with Crippen LogP contribution in [0, 0.1) is 11.6 Å². The zero-order chi connectivity index (χ0) is 27.9. The molecule has 0 aliphatic carbocycles. The van der Waals surface area contributed by atoms with Gasteiger partial charge in [-0.05, 0) is 56.7 Å². The minimum absolute atomic E-state index is 0.000590. The Bertz CT molecular complexity index is 1570. The van der Waals surface area contributed by atoms with Gasteiger partial charge in [0.2, 0.25) is 6.79 Å². The zero-order valence-electron chi connectivity index (χ0n) is 22.1. The van der Waals surface area contributed by atoms with Crippen LogP contribution in [0.25, 0.3) is 0 Å². The summed E-state index contributed by atoms with van der Waals surface area (Å²) < 4.78 is 51.3. The number of carbonyl (C=O) groups is 2. The third-order valence-electron chi connectivity index (χ3n) is 7.42. The summed E-state index contributed by atoms with van der Waals surface area (Å²) >= 11 is 0. The van der Waals surface area contributed by atoms with Crippen LogP contribution in [0.3, 0.4) is 0 Å². The Morgan fingerprint density at radius 3 is 2.23 bits per heavy atom. The van der Waals surface area contributed by atoms with Crippen molar-refractivity contribution in [1.29, 1.82) is 0 Å².